The lowest BCUT2D eigenvalue weighted by atomic mass is 9.55. The first kappa shape index (κ1) is 21.9. The SMILES string of the molecule is C[C@@H](O)/C=C/[C@](C)(O)[C@H]1CC[C@H]2C3=CC(=O)[C@H]4CC(=CC[C@H](O)C4)[C@H]3C[C@@H](O)[C@@]21C. The van der Waals surface area contributed by atoms with Crippen LogP contribution in [0.1, 0.15) is 59.3 Å². The van der Waals surface area contributed by atoms with Gasteiger partial charge in [0.25, 0.3) is 0 Å². The number of aliphatic hydroxyl groups is 4. The molecule has 4 rings (SSSR count). The molecule has 2 bridgehead atoms. The molecule has 0 aromatic carbocycles. The van der Waals surface area contributed by atoms with Gasteiger partial charge in [0.05, 0.1) is 23.9 Å². The fourth-order valence-corrected chi connectivity index (χ4v) is 6.93. The summed E-state index contributed by atoms with van der Waals surface area (Å²) in [5.74, 6) is -0.155. The van der Waals surface area contributed by atoms with Crippen LogP contribution in [-0.4, -0.2) is 50.1 Å². The topological polar surface area (TPSA) is 98.0 Å². The summed E-state index contributed by atoms with van der Waals surface area (Å²) in [5, 5.41) is 42.5. The van der Waals surface area contributed by atoms with Gasteiger partial charge in [-0.25, -0.2) is 0 Å². The van der Waals surface area contributed by atoms with Gasteiger partial charge in [-0.3, -0.25) is 4.79 Å². The molecule has 0 aliphatic heterocycles. The van der Waals surface area contributed by atoms with E-state index in [9.17, 15) is 25.2 Å². The van der Waals surface area contributed by atoms with Crippen molar-refractivity contribution in [2.24, 2.45) is 29.1 Å². The quantitative estimate of drug-likeness (QED) is 0.530. The minimum absolute atomic E-state index is 0.0399. The highest BCUT2D eigenvalue weighted by Gasteiger charge is 2.61. The molecule has 0 aromatic heterocycles. The maximum absolute atomic E-state index is 13.0. The molecule has 4 aliphatic carbocycles. The Balaban J connectivity index is 1.72. The van der Waals surface area contributed by atoms with Gasteiger partial charge in [0.2, 0.25) is 0 Å². The molecule has 0 radical (unpaired) electrons. The van der Waals surface area contributed by atoms with Gasteiger partial charge in [-0.1, -0.05) is 36.3 Å². The number of rotatable bonds is 3. The molecule has 0 saturated heterocycles. The molecule has 0 unspecified atom stereocenters. The molecular weight excluding hydrogens is 380 g/mol. The van der Waals surface area contributed by atoms with Crippen molar-refractivity contribution < 1.29 is 25.2 Å². The second-order valence-corrected chi connectivity index (χ2v) is 10.5. The Morgan fingerprint density at radius 2 is 2.00 bits per heavy atom. The highest BCUT2D eigenvalue weighted by atomic mass is 16.3. The van der Waals surface area contributed by atoms with Crippen LogP contribution in [0.15, 0.2) is 35.5 Å². The number of fused-ring (bicyclic) bond motifs is 6. The highest BCUT2D eigenvalue weighted by molar-refractivity contribution is 5.93. The molecule has 4 N–H and O–H groups in total. The van der Waals surface area contributed by atoms with Crippen molar-refractivity contribution in [3.8, 4) is 0 Å². The maximum Gasteiger partial charge on any atom is 0.159 e. The van der Waals surface area contributed by atoms with Crippen molar-refractivity contribution in [3.05, 3.63) is 35.5 Å². The normalized spacial score (nSPS) is 44.3. The zero-order valence-corrected chi connectivity index (χ0v) is 18.3. The molecule has 5 nitrogen and oxygen atoms in total. The monoisotopic (exact) mass is 416 g/mol. The van der Waals surface area contributed by atoms with Gasteiger partial charge in [0, 0.05) is 17.3 Å². The maximum atomic E-state index is 13.0. The fraction of sp³-hybridized carbons (Fsp3) is 0.720. The van der Waals surface area contributed by atoms with Crippen LogP contribution in [0.25, 0.3) is 0 Å². The Bertz CT molecular complexity index is 791. The molecule has 0 spiro atoms. The summed E-state index contributed by atoms with van der Waals surface area (Å²) >= 11 is 0. The van der Waals surface area contributed by atoms with Crippen molar-refractivity contribution in [2.45, 2.75) is 83.2 Å². The van der Waals surface area contributed by atoms with Crippen LogP contribution < -0.4 is 0 Å². The van der Waals surface area contributed by atoms with E-state index >= 15 is 0 Å². The second kappa shape index (κ2) is 7.70. The lowest BCUT2D eigenvalue weighted by Crippen LogP contribution is -2.53. The highest BCUT2D eigenvalue weighted by Crippen LogP contribution is 2.63. The van der Waals surface area contributed by atoms with E-state index in [-0.39, 0.29) is 29.5 Å². The molecule has 0 aromatic rings. The summed E-state index contributed by atoms with van der Waals surface area (Å²) in [6.07, 6.45) is 9.37. The van der Waals surface area contributed by atoms with Crippen molar-refractivity contribution in [2.75, 3.05) is 0 Å². The standard InChI is InChI=1S/C25H36O5/c1-14(26)8-9-24(2,30)22-7-6-20-19-12-21(28)16-10-15(4-5-17(27)11-16)18(19)13-23(29)25(20,22)3/h4,8-9,12,14,16-18,20,22-23,26-27,29-30H,5-7,10-11,13H2,1-3H3/b9-8+/t14-,16+,17+,18-,20+,22-,23-,24+,25+/m1/s1. The Morgan fingerprint density at radius 1 is 1.27 bits per heavy atom. The minimum Gasteiger partial charge on any atom is -0.393 e. The van der Waals surface area contributed by atoms with E-state index in [1.54, 1.807) is 26.0 Å². The smallest absolute Gasteiger partial charge is 0.159 e. The molecule has 0 amide bonds. The lowest BCUT2D eigenvalue weighted by Gasteiger charge is -2.51. The number of hydrogen-bond donors (Lipinski definition) is 4. The summed E-state index contributed by atoms with van der Waals surface area (Å²) in [5.41, 5.74) is 0.624. The number of ketones is 1. The molecule has 2 fully saturated rings. The van der Waals surface area contributed by atoms with E-state index in [2.05, 4.69) is 13.0 Å². The van der Waals surface area contributed by atoms with Gasteiger partial charge >= 0.3 is 0 Å². The molecule has 0 heterocycles. The third-order valence-corrected chi connectivity index (χ3v) is 8.49. The van der Waals surface area contributed by atoms with Crippen LogP contribution in [0.5, 0.6) is 0 Å². The number of carbonyl (C=O) groups is 1. The first-order valence-corrected chi connectivity index (χ1v) is 11.4. The summed E-state index contributed by atoms with van der Waals surface area (Å²) in [7, 11) is 0. The summed E-state index contributed by atoms with van der Waals surface area (Å²) in [6, 6.07) is 0. The first-order valence-electron chi connectivity index (χ1n) is 11.4. The molecule has 9 atom stereocenters. The van der Waals surface area contributed by atoms with Crippen LogP contribution >= 0.6 is 0 Å². The van der Waals surface area contributed by atoms with Gasteiger partial charge in [0.15, 0.2) is 5.78 Å². The zero-order valence-electron chi connectivity index (χ0n) is 18.3. The van der Waals surface area contributed by atoms with Gasteiger partial charge in [0.1, 0.15) is 0 Å². The van der Waals surface area contributed by atoms with Crippen LogP contribution in [0.3, 0.4) is 0 Å². The molecule has 166 valence electrons. The predicted molar refractivity (Wildman–Crippen MR) is 114 cm³/mol. The molecule has 5 heteroatoms. The number of hydrogen-bond acceptors (Lipinski definition) is 5. The van der Waals surface area contributed by atoms with E-state index in [4.69, 9.17) is 0 Å². The summed E-state index contributed by atoms with van der Waals surface area (Å²) in [4.78, 5) is 13.0. The van der Waals surface area contributed by atoms with E-state index in [1.165, 1.54) is 5.57 Å². The molecule has 30 heavy (non-hydrogen) atoms. The van der Waals surface area contributed by atoms with E-state index in [1.807, 2.05) is 6.08 Å². The van der Waals surface area contributed by atoms with Crippen molar-refractivity contribution >= 4 is 5.78 Å². The summed E-state index contributed by atoms with van der Waals surface area (Å²) in [6.45, 7) is 5.48. The molecular formula is C25H36O5. The van der Waals surface area contributed by atoms with Gasteiger partial charge in [-0.2, -0.15) is 0 Å². The van der Waals surface area contributed by atoms with Crippen LogP contribution in [-0.2, 0) is 4.79 Å². The minimum atomic E-state index is -1.15. The Kier molecular flexibility index (Phi) is 5.63. The largest absolute Gasteiger partial charge is 0.393 e. The third-order valence-electron chi connectivity index (χ3n) is 8.49. The van der Waals surface area contributed by atoms with Crippen molar-refractivity contribution in [3.63, 3.8) is 0 Å². The van der Waals surface area contributed by atoms with E-state index in [0.29, 0.717) is 25.7 Å². The number of allylic oxidation sites excluding steroid dienone is 3. The third kappa shape index (κ3) is 3.54. The van der Waals surface area contributed by atoms with E-state index in [0.717, 1.165) is 18.4 Å². The molecule has 4 aliphatic rings. The fourth-order valence-electron chi connectivity index (χ4n) is 6.93. The predicted octanol–water partition coefficient (Wildman–Crippen LogP) is 2.68. The van der Waals surface area contributed by atoms with Crippen LogP contribution in [0.2, 0.25) is 0 Å². The van der Waals surface area contributed by atoms with E-state index < -0.39 is 29.3 Å². The summed E-state index contributed by atoms with van der Waals surface area (Å²) < 4.78 is 0. The second-order valence-electron chi connectivity index (χ2n) is 10.5. The average molecular weight is 417 g/mol. The Hall–Kier alpha value is -1.27. The zero-order chi connectivity index (χ0) is 21.8. The van der Waals surface area contributed by atoms with Gasteiger partial charge < -0.3 is 20.4 Å². The Morgan fingerprint density at radius 3 is 2.70 bits per heavy atom. The van der Waals surface area contributed by atoms with Crippen molar-refractivity contribution in [1.29, 1.82) is 0 Å². The number of aliphatic hydroxyl groups excluding tert-OH is 3. The van der Waals surface area contributed by atoms with Crippen LogP contribution in [0.4, 0.5) is 0 Å². The Labute approximate surface area is 179 Å². The lowest BCUT2D eigenvalue weighted by molar-refractivity contribution is -0.119. The van der Waals surface area contributed by atoms with Crippen molar-refractivity contribution in [1.82, 2.24) is 0 Å². The van der Waals surface area contributed by atoms with Gasteiger partial charge in [-0.15, -0.1) is 0 Å². The molecule has 2 saturated carbocycles. The average Bonchev–Trinajstić information content (AvgIpc) is 2.85. The first-order chi connectivity index (χ1) is 14.0. The van der Waals surface area contributed by atoms with Gasteiger partial charge in [-0.05, 0) is 70.3 Å². The van der Waals surface area contributed by atoms with Crippen LogP contribution in [0, 0.1) is 29.1 Å². The number of carbonyl (C=O) groups excluding carboxylic acids is 1.